The topological polar surface area (TPSA) is 521 Å². The first-order chi connectivity index (χ1) is 46.7. The Hall–Kier alpha value is -1.35. The van der Waals surface area contributed by atoms with Gasteiger partial charge in [0.25, 0.3) is 0 Å². The van der Waals surface area contributed by atoms with Crippen LogP contribution in [0.2, 0.25) is 0 Å². The van der Waals surface area contributed by atoms with Crippen LogP contribution >= 0.6 is 23.5 Å². The maximum Gasteiger partial charge on any atom is 1.00 e. The maximum absolute atomic E-state index is 12.1. The largest absolute Gasteiger partial charge is 1.00 e. The molecular weight excluding hydrogens is 1430 g/mol. The van der Waals surface area contributed by atoms with Crippen molar-refractivity contribution in [3.8, 4) is 0 Å². The van der Waals surface area contributed by atoms with E-state index >= 15 is 0 Å². The van der Waals surface area contributed by atoms with Gasteiger partial charge in [-0.15, -0.1) is 0 Å². The molecule has 3 aliphatic heterocycles. The van der Waals surface area contributed by atoms with Crippen LogP contribution in [0.5, 0.6) is 0 Å². The summed E-state index contributed by atoms with van der Waals surface area (Å²) in [6.07, 6.45) is 26.2. The monoisotopic (exact) mass is 1550 g/mol. The molecule has 3 unspecified atom stereocenters. The summed E-state index contributed by atoms with van der Waals surface area (Å²) in [5.41, 5.74) is 0. The van der Waals surface area contributed by atoms with E-state index in [-0.39, 0.29) is 108 Å². The zero-order valence-electron chi connectivity index (χ0n) is 61.0. The van der Waals surface area contributed by atoms with E-state index in [1.54, 1.807) is 0 Å². The van der Waals surface area contributed by atoms with E-state index in [4.69, 9.17) is 29.4 Å². The van der Waals surface area contributed by atoms with Gasteiger partial charge in [-0.25, -0.2) is 28.1 Å². The second kappa shape index (κ2) is 59.5. The summed E-state index contributed by atoms with van der Waals surface area (Å²) in [4.78, 5) is 123. The van der Waals surface area contributed by atoms with Crippen LogP contribution in [0.15, 0.2) is 34.6 Å². The van der Waals surface area contributed by atoms with E-state index in [2.05, 4.69) is 48.6 Å². The summed E-state index contributed by atoms with van der Waals surface area (Å²) < 4.78 is 58.0. The van der Waals surface area contributed by atoms with Crippen LogP contribution in [-0.4, -0.2) is 150 Å². The van der Waals surface area contributed by atoms with Crippen molar-refractivity contribution in [2.75, 3.05) is 0 Å². The smallest absolute Gasteiger partial charge is 0.870 e. The average Bonchev–Trinajstić information content (AvgIpc) is 1.68. The molecule has 0 aliphatic carbocycles. The number of rotatable bonds is 57. The number of hydrogen-bond acceptors (Lipinski definition) is 24. The van der Waals surface area contributed by atoms with Crippen molar-refractivity contribution in [3.05, 3.63) is 34.6 Å². The van der Waals surface area contributed by atoms with Crippen molar-refractivity contribution < 1.29 is 234 Å². The molecule has 576 valence electrons. The van der Waals surface area contributed by atoms with E-state index in [1.807, 2.05) is 0 Å². The third-order valence-electron chi connectivity index (χ3n) is 16.8. The van der Waals surface area contributed by atoms with Gasteiger partial charge in [-0.3, -0.25) is 43.7 Å². The standard InChI is InChI=1S/3C22H39O10P.3Na/c3*1-2-3-4-5-6-7-8-9-10-11-12-13-14-15-16(23)17(24)18(25)20-19(26)21(22(27)31-20)32-33(28,29)30;;;/h3*17-18,20,24-26H,2-15H2,1H3,(H2,28,29,30);;;/q;;;3*+1/p-3/t3*17?,18-,20+;;;/m000.../s1. The Morgan fingerprint density at radius 3 is 0.618 bits per heavy atom. The van der Waals surface area contributed by atoms with Crippen molar-refractivity contribution in [1.29, 1.82) is 0 Å². The van der Waals surface area contributed by atoms with E-state index in [0.717, 1.165) is 77.0 Å². The number of carbonyl (C=O) groups excluding carboxylic acids is 6. The van der Waals surface area contributed by atoms with Crippen LogP contribution in [0.1, 0.15) is 290 Å². The minimum Gasteiger partial charge on any atom is -0.870 e. The number of aliphatic hydroxyl groups excluding tert-OH is 6. The zero-order chi connectivity index (χ0) is 74.6. The molecule has 0 spiro atoms. The van der Waals surface area contributed by atoms with Gasteiger partial charge in [-0.05, 0) is 36.5 Å². The van der Waals surface area contributed by atoms with Gasteiger partial charge in [-0.1, -0.05) is 252 Å². The first-order valence-corrected chi connectivity index (χ1v) is 40.1. The van der Waals surface area contributed by atoms with Crippen LogP contribution in [-0.2, 0) is 70.2 Å². The van der Waals surface area contributed by atoms with E-state index in [0.29, 0.717) is 19.3 Å². The van der Waals surface area contributed by atoms with E-state index in [9.17, 15) is 88.4 Å². The van der Waals surface area contributed by atoms with Gasteiger partial charge in [-0.2, -0.15) is 0 Å². The summed E-state index contributed by atoms with van der Waals surface area (Å²) in [7, 11) is -15.6. The predicted octanol–water partition coefficient (Wildman–Crippen LogP) is -1.89. The molecule has 30 nitrogen and oxygen atoms in total. The number of phosphoric acid groups is 3. The van der Waals surface area contributed by atoms with Gasteiger partial charge >= 0.3 is 130 Å². The molecule has 0 aromatic heterocycles. The van der Waals surface area contributed by atoms with Gasteiger partial charge in [0.15, 0.2) is 17.3 Å². The molecule has 36 heteroatoms. The predicted molar refractivity (Wildman–Crippen MR) is 352 cm³/mol. The van der Waals surface area contributed by atoms with Gasteiger partial charge in [0, 0.05) is 19.3 Å². The normalized spacial score (nSPS) is 17.8. The SMILES string of the molecule is CCCCCCCCCCCCCCCC(=O)C(O)[C@H](O)[C@H]1OC(=O)C(OP(=O)(O)O)=C1[O-].CCCCCCCCCCCCCCCC(=O)C(O)[C@H](O)[C@H]1OC(=O)C(OP(=O)(O)O)=C1[O-].CCCCCCCCCCCCCCCC(=O)C(O)[C@H](O)[C@H]1OC(=O)C(OP(=O)(O)O)=C1[O-].[Na+].[Na+].[Na+]. The number of ketones is 3. The van der Waals surface area contributed by atoms with Crippen LogP contribution < -0.4 is 104 Å². The van der Waals surface area contributed by atoms with Crippen LogP contribution in [0, 0.1) is 0 Å². The molecule has 0 saturated carbocycles. The first kappa shape index (κ1) is 105. The fourth-order valence-corrected chi connectivity index (χ4v) is 12.3. The average molecular weight is 1550 g/mol. The molecule has 0 aromatic rings. The Kier molecular flexibility index (Phi) is 61.2. The molecular formula is C66H114Na3O30P3. The Morgan fingerprint density at radius 2 is 0.471 bits per heavy atom. The van der Waals surface area contributed by atoms with Crippen molar-refractivity contribution >= 4 is 58.7 Å². The molecule has 9 atom stereocenters. The van der Waals surface area contributed by atoms with Crippen LogP contribution in [0.25, 0.3) is 0 Å². The summed E-state index contributed by atoms with van der Waals surface area (Å²) in [5, 5.41) is 96.3. The number of hydrogen-bond donors (Lipinski definition) is 12. The third-order valence-corrected chi connectivity index (χ3v) is 18.1. The van der Waals surface area contributed by atoms with Crippen molar-refractivity contribution in [2.24, 2.45) is 0 Å². The Labute approximate surface area is 667 Å². The molecule has 3 aliphatic rings. The minimum absolute atomic E-state index is 0. The van der Waals surface area contributed by atoms with Gasteiger partial charge in [0.1, 0.15) is 54.9 Å². The summed E-state index contributed by atoms with van der Waals surface area (Å²) in [6, 6.07) is 0. The Morgan fingerprint density at radius 1 is 0.324 bits per heavy atom. The molecule has 0 radical (unpaired) electrons. The summed E-state index contributed by atoms with van der Waals surface area (Å²) in [5.74, 6) is -14.4. The van der Waals surface area contributed by atoms with Crippen molar-refractivity contribution in [3.63, 3.8) is 0 Å². The second-order valence-corrected chi connectivity index (χ2v) is 29.0. The molecule has 102 heavy (non-hydrogen) atoms. The van der Waals surface area contributed by atoms with Gasteiger partial charge in [0.2, 0.25) is 17.3 Å². The number of cyclic esters (lactones) is 3. The fraction of sp³-hybridized carbons (Fsp3) is 0.818. The number of aliphatic hydroxyl groups is 6. The van der Waals surface area contributed by atoms with Crippen molar-refractivity contribution in [1.82, 2.24) is 0 Å². The number of ether oxygens (including phenoxy) is 3. The third kappa shape index (κ3) is 46.2. The molecule has 0 fully saturated rings. The maximum atomic E-state index is 12.1. The van der Waals surface area contributed by atoms with E-state index in [1.165, 1.54) is 154 Å². The number of unbranched alkanes of at least 4 members (excludes halogenated alkanes) is 36. The van der Waals surface area contributed by atoms with Crippen molar-refractivity contribution in [2.45, 2.75) is 345 Å². The molecule has 3 rings (SSSR count). The van der Waals surface area contributed by atoms with Crippen LogP contribution in [0.3, 0.4) is 0 Å². The molecule has 0 bridgehead atoms. The molecule has 3 heterocycles. The Bertz CT molecular complexity index is 2360. The molecule has 0 saturated heterocycles. The van der Waals surface area contributed by atoms with Crippen LogP contribution in [0.4, 0.5) is 0 Å². The number of carbonyl (C=O) groups is 6. The second-order valence-electron chi connectivity index (χ2n) is 25.5. The number of esters is 3. The first-order valence-electron chi connectivity index (χ1n) is 35.5. The van der Waals surface area contributed by atoms with E-state index < -0.39 is 148 Å². The van der Waals surface area contributed by atoms with Gasteiger partial charge in [0.05, 0.1) is 0 Å². The summed E-state index contributed by atoms with van der Waals surface area (Å²) >= 11 is 0. The fourth-order valence-electron chi connectivity index (χ4n) is 11.1. The minimum atomic E-state index is -5.20. The molecule has 12 N–H and O–H groups in total. The van der Waals surface area contributed by atoms with Gasteiger partial charge < -0.3 is 73.7 Å². The quantitative estimate of drug-likeness (QED) is 0.0104. The number of phosphoric ester groups is 3. The Balaban J connectivity index is -0.00000142. The number of Topliss-reactive ketones (excluding diaryl/α,β-unsaturated/α-hetero) is 3. The molecule has 0 amide bonds. The zero-order valence-corrected chi connectivity index (χ0v) is 69.6. The molecule has 0 aromatic carbocycles. The summed E-state index contributed by atoms with van der Waals surface area (Å²) in [6.45, 7) is 6.63.